The number of hydrogen-bond acceptors (Lipinski definition) is 0. The first kappa shape index (κ1) is 19.2. The van der Waals surface area contributed by atoms with E-state index in [0.717, 1.165) is 15.2 Å². The second-order valence-electron chi connectivity index (χ2n) is 4.69. The van der Waals surface area contributed by atoms with E-state index in [4.69, 9.17) is 0 Å². The molecule has 96 valence electrons. The molecule has 0 aromatic carbocycles. The molecule has 0 radical (unpaired) electrons. The quantitative estimate of drug-likeness (QED) is 0.374. The third kappa shape index (κ3) is 17.2. The number of halogens is 1. The van der Waals surface area contributed by atoms with Crippen LogP contribution < -0.4 is 12.4 Å². The first-order chi connectivity index (χ1) is 7.41. The molecule has 0 unspecified atom stereocenters. The van der Waals surface area contributed by atoms with Crippen LogP contribution in [0.4, 0.5) is 0 Å². The van der Waals surface area contributed by atoms with Crippen LogP contribution in [0.2, 0.25) is 10.6 Å². The fourth-order valence-electron chi connectivity index (χ4n) is 1.93. The summed E-state index contributed by atoms with van der Waals surface area (Å²) < 4.78 is 0. The number of unbranched alkanes of at least 4 members (excludes halogenated alkanes) is 8. The average Bonchev–Trinajstić information content (AvgIpc) is 2.26. The molecule has 0 saturated heterocycles. The van der Waals surface area contributed by atoms with Crippen LogP contribution in [0.5, 0.6) is 0 Å². The molecule has 0 nitrogen and oxygen atoms in total. The molecule has 0 saturated carbocycles. The molecule has 0 amide bonds. The summed E-state index contributed by atoms with van der Waals surface area (Å²) in [5.41, 5.74) is 0. The van der Waals surface area contributed by atoms with Gasteiger partial charge in [-0.3, -0.25) is 0 Å². The molecule has 2 heteroatoms. The zero-order valence-electron chi connectivity index (χ0n) is 11.4. The van der Waals surface area contributed by atoms with Gasteiger partial charge in [0, 0.05) is 0 Å². The molecule has 0 aliphatic heterocycles. The van der Waals surface area contributed by atoms with Gasteiger partial charge in [-0.15, -0.1) is 0 Å². The van der Waals surface area contributed by atoms with Crippen molar-refractivity contribution in [1.82, 2.24) is 0 Å². The first-order valence-corrected chi connectivity index (χ1v) is 8.86. The van der Waals surface area contributed by atoms with Crippen molar-refractivity contribution in [2.45, 2.75) is 88.6 Å². The predicted octanol–water partition coefficient (Wildman–Crippen LogP) is 2.47. The van der Waals surface area contributed by atoms with E-state index in [9.17, 15) is 0 Å². The third-order valence-corrected chi connectivity index (χ3v) is 4.66. The minimum Gasteiger partial charge on any atom is -1.00 e. The molecule has 0 rings (SSSR count). The van der Waals surface area contributed by atoms with Crippen LogP contribution in [0.3, 0.4) is 0 Å². The Kier molecular flexibility index (Phi) is 21.8. The molecule has 0 N–H and O–H groups in total. The summed E-state index contributed by atoms with van der Waals surface area (Å²) in [6, 6.07) is 0. The van der Waals surface area contributed by atoms with Gasteiger partial charge in [0.1, 0.15) is 0 Å². The number of hydrogen-bond donors (Lipinski definition) is 0. The Bertz CT molecular complexity index is 94.9. The minimum atomic E-state index is 0. The second kappa shape index (κ2) is 18.2. The van der Waals surface area contributed by atoms with Crippen molar-refractivity contribution in [3.8, 4) is 0 Å². The summed E-state index contributed by atoms with van der Waals surface area (Å²) in [5, 5.41) is 3.13. The maximum atomic E-state index is 2.29. The van der Waals surface area contributed by atoms with E-state index in [1.165, 1.54) is 64.2 Å². The van der Waals surface area contributed by atoms with E-state index < -0.39 is 0 Å². The largest absolute Gasteiger partial charge is 1.00 e. The van der Waals surface area contributed by atoms with Crippen LogP contribution in [0.15, 0.2) is 0 Å². The second-order valence-corrected chi connectivity index (χ2v) is 6.43. The van der Waals surface area contributed by atoms with Crippen molar-refractivity contribution in [3.05, 3.63) is 0 Å². The zero-order valence-corrected chi connectivity index (χ0v) is 13.4. The summed E-state index contributed by atoms with van der Waals surface area (Å²) in [5.74, 6) is 0. The van der Waals surface area contributed by atoms with Crippen LogP contribution in [-0.4, -0.2) is 15.2 Å². The first-order valence-electron chi connectivity index (χ1n) is 7.23. The SMILES string of the molecule is CCCCCC[CH2][Al+][CH2]CCCCCC.[Cl-]. The number of rotatable bonds is 12. The smallest absolute Gasteiger partial charge is 1.00 e. The van der Waals surface area contributed by atoms with Crippen LogP contribution in [-0.2, 0) is 0 Å². The van der Waals surface area contributed by atoms with Gasteiger partial charge in [0.15, 0.2) is 0 Å². The van der Waals surface area contributed by atoms with Crippen molar-refractivity contribution in [3.63, 3.8) is 0 Å². The molecule has 0 atom stereocenters. The van der Waals surface area contributed by atoms with Crippen LogP contribution in [0, 0.1) is 0 Å². The molecule has 0 aliphatic carbocycles. The Labute approximate surface area is 116 Å². The molecule has 0 bridgehead atoms. The van der Waals surface area contributed by atoms with E-state index in [-0.39, 0.29) is 12.4 Å². The molecule has 16 heavy (non-hydrogen) atoms. The van der Waals surface area contributed by atoms with E-state index in [2.05, 4.69) is 13.8 Å². The molecule has 0 aromatic heterocycles. The van der Waals surface area contributed by atoms with Gasteiger partial charge < -0.3 is 12.4 Å². The van der Waals surface area contributed by atoms with Gasteiger partial charge in [-0.1, -0.05) is 0 Å². The van der Waals surface area contributed by atoms with E-state index in [1.807, 2.05) is 0 Å². The molecule has 0 heterocycles. The Morgan fingerprint density at radius 2 is 0.938 bits per heavy atom. The normalized spacial score (nSPS) is 9.62. The van der Waals surface area contributed by atoms with Crippen LogP contribution >= 0.6 is 0 Å². The summed E-state index contributed by atoms with van der Waals surface area (Å²) in [7, 11) is 0. The van der Waals surface area contributed by atoms with Crippen molar-refractivity contribution in [1.29, 1.82) is 0 Å². The molecule has 0 aromatic rings. The summed E-state index contributed by atoms with van der Waals surface area (Å²) in [6.07, 6.45) is 14.6. The minimum absolute atomic E-state index is 0. The maximum Gasteiger partial charge on any atom is -1.00 e. The summed E-state index contributed by atoms with van der Waals surface area (Å²) >= 11 is 0.799. The van der Waals surface area contributed by atoms with Gasteiger partial charge in [0.2, 0.25) is 0 Å². The van der Waals surface area contributed by atoms with Gasteiger partial charge in [0.25, 0.3) is 0 Å². The molecular formula is C14H30AlCl. The maximum absolute atomic E-state index is 2.29. The Hall–Kier alpha value is 0.822. The predicted molar refractivity (Wildman–Crippen MR) is 72.9 cm³/mol. The van der Waals surface area contributed by atoms with Gasteiger partial charge in [-0.2, -0.15) is 0 Å². The fraction of sp³-hybridized carbons (Fsp3) is 1.00. The Morgan fingerprint density at radius 1 is 0.562 bits per heavy atom. The fourth-order valence-corrected chi connectivity index (χ4v) is 3.37. The van der Waals surface area contributed by atoms with Crippen molar-refractivity contribution < 1.29 is 12.4 Å². The van der Waals surface area contributed by atoms with E-state index in [1.54, 1.807) is 10.6 Å². The molecule has 0 aliphatic rings. The van der Waals surface area contributed by atoms with Gasteiger partial charge in [0.05, 0.1) is 0 Å². The monoisotopic (exact) mass is 260 g/mol. The van der Waals surface area contributed by atoms with E-state index >= 15 is 0 Å². The zero-order chi connectivity index (χ0) is 11.2. The van der Waals surface area contributed by atoms with Gasteiger partial charge >= 0.3 is 104 Å². The van der Waals surface area contributed by atoms with E-state index in [0.29, 0.717) is 0 Å². The Morgan fingerprint density at radius 3 is 1.31 bits per heavy atom. The Balaban J connectivity index is 0. The topological polar surface area (TPSA) is 0 Å². The third-order valence-electron chi connectivity index (χ3n) is 3.02. The standard InChI is InChI=1S/2C7H15.Al.ClH/c2*1-3-5-7-6-4-2;;/h2*1,3-7H2,2H3;;1H/q;;+1;/p-1. The summed E-state index contributed by atoms with van der Waals surface area (Å²) in [4.78, 5) is 0. The van der Waals surface area contributed by atoms with Crippen molar-refractivity contribution >= 4 is 15.2 Å². The molecular weight excluding hydrogens is 231 g/mol. The van der Waals surface area contributed by atoms with Gasteiger partial charge in [-0.05, 0) is 0 Å². The van der Waals surface area contributed by atoms with Crippen LogP contribution in [0.25, 0.3) is 0 Å². The average molecular weight is 261 g/mol. The van der Waals surface area contributed by atoms with Crippen molar-refractivity contribution in [2.75, 3.05) is 0 Å². The van der Waals surface area contributed by atoms with Gasteiger partial charge in [-0.25, -0.2) is 0 Å². The van der Waals surface area contributed by atoms with Crippen molar-refractivity contribution in [2.24, 2.45) is 0 Å². The molecule has 0 spiro atoms. The molecule has 0 fully saturated rings. The van der Waals surface area contributed by atoms with Crippen LogP contribution in [0.1, 0.15) is 78.1 Å². The summed E-state index contributed by atoms with van der Waals surface area (Å²) in [6.45, 7) is 4.59.